The fourth-order valence-corrected chi connectivity index (χ4v) is 2.74. The molecule has 0 spiro atoms. The Labute approximate surface area is 134 Å². The maximum absolute atomic E-state index is 11.8. The third-order valence-electron chi connectivity index (χ3n) is 3.59. The fourth-order valence-electron chi connectivity index (χ4n) is 2.39. The van der Waals surface area contributed by atoms with E-state index in [1.807, 2.05) is 0 Å². The van der Waals surface area contributed by atoms with Crippen molar-refractivity contribution < 1.29 is 14.6 Å². The van der Waals surface area contributed by atoms with Gasteiger partial charge in [0.1, 0.15) is 23.5 Å². The molecule has 1 aromatic carbocycles. The smallest absolute Gasteiger partial charge is 0.223 e. The minimum Gasteiger partial charge on any atom is -0.489 e. The number of rotatable bonds is 6. The average Bonchev–Trinajstić information content (AvgIpc) is 3.00. The molecule has 1 aliphatic carbocycles. The molecule has 1 amide bonds. The molecule has 4 nitrogen and oxygen atoms in total. The van der Waals surface area contributed by atoms with Gasteiger partial charge in [-0.25, -0.2) is 0 Å². The van der Waals surface area contributed by atoms with Crippen LogP contribution in [-0.4, -0.2) is 30.3 Å². The molecule has 6 heteroatoms. The Kier molecular flexibility index (Phi) is 6.15. The Bertz CT molecular complexity index is 490. The van der Waals surface area contributed by atoms with Gasteiger partial charge < -0.3 is 15.2 Å². The number of aliphatic hydroxyl groups excluding tert-OH is 1. The maximum Gasteiger partial charge on any atom is 0.223 e. The van der Waals surface area contributed by atoms with Crippen molar-refractivity contribution in [3.63, 3.8) is 0 Å². The Morgan fingerprint density at radius 1 is 1.38 bits per heavy atom. The van der Waals surface area contributed by atoms with E-state index in [1.165, 1.54) is 0 Å². The Morgan fingerprint density at radius 2 is 2.10 bits per heavy atom. The third kappa shape index (κ3) is 4.77. The molecule has 0 radical (unpaired) electrons. The molecular weight excluding hydrogens is 313 g/mol. The number of ether oxygens (including phenoxy) is 1. The minimum atomic E-state index is -0.787. The summed E-state index contributed by atoms with van der Waals surface area (Å²) in [4.78, 5) is 11.8. The minimum absolute atomic E-state index is 0.0207. The maximum atomic E-state index is 11.8. The van der Waals surface area contributed by atoms with Crippen LogP contribution in [0.3, 0.4) is 0 Å². The number of halogens is 2. The second kappa shape index (κ2) is 7.87. The van der Waals surface area contributed by atoms with Gasteiger partial charge in [0.05, 0.1) is 5.02 Å². The first-order chi connectivity index (χ1) is 10.1. The van der Waals surface area contributed by atoms with Gasteiger partial charge in [-0.05, 0) is 25.0 Å². The van der Waals surface area contributed by atoms with E-state index in [4.69, 9.17) is 27.9 Å². The number of benzene rings is 1. The molecule has 1 fully saturated rings. The molecule has 21 heavy (non-hydrogen) atoms. The lowest BCUT2D eigenvalue weighted by atomic mass is 10.1. The van der Waals surface area contributed by atoms with Crippen LogP contribution >= 0.6 is 23.2 Å². The summed E-state index contributed by atoms with van der Waals surface area (Å²) in [5.74, 6) is 0.540. The van der Waals surface area contributed by atoms with Crippen molar-refractivity contribution in [1.82, 2.24) is 5.32 Å². The number of carbonyl (C=O) groups is 1. The van der Waals surface area contributed by atoms with Gasteiger partial charge in [-0.3, -0.25) is 4.79 Å². The first-order valence-corrected chi connectivity index (χ1v) is 7.86. The van der Waals surface area contributed by atoms with Gasteiger partial charge in [0.15, 0.2) is 0 Å². The van der Waals surface area contributed by atoms with E-state index in [9.17, 15) is 9.90 Å². The zero-order valence-electron chi connectivity index (χ0n) is 11.6. The van der Waals surface area contributed by atoms with Crippen LogP contribution in [0.25, 0.3) is 0 Å². The monoisotopic (exact) mass is 331 g/mol. The van der Waals surface area contributed by atoms with Crippen molar-refractivity contribution in [3.8, 4) is 5.75 Å². The number of hydrogen-bond acceptors (Lipinski definition) is 3. The molecule has 116 valence electrons. The number of hydrogen-bond donors (Lipinski definition) is 2. The lowest BCUT2D eigenvalue weighted by molar-refractivity contribution is -0.125. The molecule has 0 heterocycles. The SMILES string of the molecule is O=C(NC[C@@H](O)COc1cccc(Cl)c1Cl)C1CCCC1. The van der Waals surface area contributed by atoms with Crippen molar-refractivity contribution in [2.75, 3.05) is 13.2 Å². The zero-order chi connectivity index (χ0) is 15.2. The molecule has 1 aliphatic rings. The molecule has 1 atom stereocenters. The van der Waals surface area contributed by atoms with E-state index in [2.05, 4.69) is 5.32 Å². The highest BCUT2D eigenvalue weighted by Crippen LogP contribution is 2.31. The van der Waals surface area contributed by atoms with E-state index < -0.39 is 6.10 Å². The quantitative estimate of drug-likeness (QED) is 0.842. The Balaban J connectivity index is 1.73. The van der Waals surface area contributed by atoms with Crippen LogP contribution in [-0.2, 0) is 4.79 Å². The standard InChI is InChI=1S/C15H19Cl2NO3/c16-12-6-3-7-13(14(12)17)21-9-11(19)8-18-15(20)10-4-1-2-5-10/h3,6-7,10-11,19H,1-2,4-5,8-9H2,(H,18,20)/t11-/m1/s1. The molecule has 0 unspecified atom stereocenters. The highest BCUT2D eigenvalue weighted by Gasteiger charge is 2.22. The van der Waals surface area contributed by atoms with Crippen LogP contribution in [0.2, 0.25) is 10.0 Å². The van der Waals surface area contributed by atoms with Crippen LogP contribution < -0.4 is 10.1 Å². The summed E-state index contributed by atoms with van der Waals surface area (Å²) >= 11 is 11.9. The third-order valence-corrected chi connectivity index (χ3v) is 4.39. The van der Waals surface area contributed by atoms with Crippen molar-refractivity contribution in [2.24, 2.45) is 5.92 Å². The second-order valence-electron chi connectivity index (χ2n) is 5.24. The van der Waals surface area contributed by atoms with Gasteiger partial charge in [-0.2, -0.15) is 0 Å². The number of amides is 1. The summed E-state index contributed by atoms with van der Waals surface area (Å²) in [7, 11) is 0. The Morgan fingerprint density at radius 3 is 2.81 bits per heavy atom. The first-order valence-electron chi connectivity index (χ1n) is 7.10. The first kappa shape index (κ1) is 16.4. The van der Waals surface area contributed by atoms with Crippen LogP contribution in [0.5, 0.6) is 5.75 Å². The number of aliphatic hydroxyl groups is 1. The van der Waals surface area contributed by atoms with E-state index in [1.54, 1.807) is 18.2 Å². The van der Waals surface area contributed by atoms with Gasteiger partial charge >= 0.3 is 0 Å². The highest BCUT2D eigenvalue weighted by atomic mass is 35.5. The molecule has 0 aliphatic heterocycles. The van der Waals surface area contributed by atoms with E-state index >= 15 is 0 Å². The van der Waals surface area contributed by atoms with Crippen molar-refractivity contribution in [1.29, 1.82) is 0 Å². The van der Waals surface area contributed by atoms with Crippen LogP contribution in [0.4, 0.5) is 0 Å². The van der Waals surface area contributed by atoms with Crippen molar-refractivity contribution >= 4 is 29.1 Å². The van der Waals surface area contributed by atoms with E-state index in [0.717, 1.165) is 25.7 Å². The topological polar surface area (TPSA) is 58.6 Å². The molecule has 2 N–H and O–H groups in total. The lowest BCUT2D eigenvalue weighted by Crippen LogP contribution is -2.37. The summed E-state index contributed by atoms with van der Waals surface area (Å²) < 4.78 is 5.42. The molecular formula is C15H19Cl2NO3. The molecule has 0 bridgehead atoms. The van der Waals surface area contributed by atoms with Crippen LogP contribution in [0.15, 0.2) is 18.2 Å². The fraction of sp³-hybridized carbons (Fsp3) is 0.533. The van der Waals surface area contributed by atoms with Crippen molar-refractivity contribution in [2.45, 2.75) is 31.8 Å². The molecule has 2 rings (SSSR count). The van der Waals surface area contributed by atoms with Gasteiger partial charge in [-0.15, -0.1) is 0 Å². The van der Waals surface area contributed by atoms with Gasteiger partial charge in [0.2, 0.25) is 5.91 Å². The highest BCUT2D eigenvalue weighted by molar-refractivity contribution is 6.42. The number of nitrogens with one attached hydrogen (secondary N) is 1. The molecule has 1 saturated carbocycles. The van der Waals surface area contributed by atoms with E-state index in [-0.39, 0.29) is 25.0 Å². The predicted molar refractivity (Wildman–Crippen MR) is 82.9 cm³/mol. The summed E-state index contributed by atoms with van der Waals surface area (Å²) in [6, 6.07) is 5.06. The van der Waals surface area contributed by atoms with Gasteiger partial charge in [-0.1, -0.05) is 42.1 Å². The predicted octanol–water partition coefficient (Wildman–Crippen LogP) is 3.04. The molecule has 0 aromatic heterocycles. The second-order valence-corrected chi connectivity index (χ2v) is 6.03. The molecule has 1 aromatic rings. The summed E-state index contributed by atoms with van der Waals surface area (Å²) in [6.07, 6.45) is 3.31. The summed E-state index contributed by atoms with van der Waals surface area (Å²) in [6.45, 7) is 0.221. The number of carbonyl (C=O) groups excluding carboxylic acids is 1. The summed E-state index contributed by atoms with van der Waals surface area (Å²) in [5, 5.41) is 13.3. The van der Waals surface area contributed by atoms with Crippen LogP contribution in [0.1, 0.15) is 25.7 Å². The van der Waals surface area contributed by atoms with Crippen LogP contribution in [0, 0.1) is 5.92 Å². The van der Waals surface area contributed by atoms with Gasteiger partial charge in [0, 0.05) is 12.5 Å². The average molecular weight is 332 g/mol. The van der Waals surface area contributed by atoms with Gasteiger partial charge in [0.25, 0.3) is 0 Å². The zero-order valence-corrected chi connectivity index (χ0v) is 13.2. The molecule has 0 saturated heterocycles. The Hall–Kier alpha value is -0.970. The lowest BCUT2D eigenvalue weighted by Gasteiger charge is -2.16. The largest absolute Gasteiger partial charge is 0.489 e. The van der Waals surface area contributed by atoms with E-state index in [0.29, 0.717) is 15.8 Å². The normalized spacial score (nSPS) is 16.7. The summed E-state index contributed by atoms with van der Waals surface area (Å²) in [5.41, 5.74) is 0. The van der Waals surface area contributed by atoms with Crippen molar-refractivity contribution in [3.05, 3.63) is 28.2 Å².